The maximum absolute atomic E-state index is 12.0. The van der Waals surface area contributed by atoms with Crippen molar-refractivity contribution in [3.05, 3.63) is 46.4 Å². The zero-order valence-corrected chi connectivity index (χ0v) is 14.8. The van der Waals surface area contributed by atoms with E-state index >= 15 is 0 Å². The summed E-state index contributed by atoms with van der Waals surface area (Å²) in [6.07, 6.45) is 0. The van der Waals surface area contributed by atoms with Gasteiger partial charge in [0.2, 0.25) is 0 Å². The molecule has 8 heteroatoms. The molecule has 124 valence electrons. The van der Waals surface area contributed by atoms with Crippen LogP contribution in [0.15, 0.2) is 36.4 Å². The molecule has 0 atom stereocenters. The maximum atomic E-state index is 12.0. The summed E-state index contributed by atoms with van der Waals surface area (Å²) in [6.45, 7) is -0.163. The molecule has 3 aromatic rings. The van der Waals surface area contributed by atoms with Crippen LogP contribution < -0.4 is 14.8 Å². The average molecular weight is 383 g/mol. The molecule has 0 aliphatic rings. The number of halogens is 2. The number of hydrogen-bond donors (Lipinski definition) is 1. The SMILES string of the molecule is COc1cc2sc(NC(=O)COc3ccccc3Cl)nc2cc1Cl. The van der Waals surface area contributed by atoms with Gasteiger partial charge in [-0.3, -0.25) is 10.1 Å². The largest absolute Gasteiger partial charge is 0.495 e. The van der Waals surface area contributed by atoms with Crippen LogP contribution in [-0.2, 0) is 4.79 Å². The van der Waals surface area contributed by atoms with Crippen LogP contribution in [0, 0.1) is 0 Å². The Morgan fingerprint density at radius 3 is 2.75 bits per heavy atom. The van der Waals surface area contributed by atoms with Gasteiger partial charge < -0.3 is 9.47 Å². The standard InChI is InChI=1S/C16H12Cl2N2O3S/c1-22-13-7-14-11(6-10(13)18)19-16(24-14)20-15(21)8-23-12-5-3-2-4-9(12)17/h2-7H,8H2,1H3,(H,19,20,21). The van der Waals surface area contributed by atoms with Crippen molar-refractivity contribution < 1.29 is 14.3 Å². The van der Waals surface area contributed by atoms with Crippen LogP contribution in [-0.4, -0.2) is 24.6 Å². The zero-order valence-electron chi connectivity index (χ0n) is 12.5. The number of hydrogen-bond acceptors (Lipinski definition) is 5. The minimum atomic E-state index is -0.327. The van der Waals surface area contributed by atoms with Gasteiger partial charge >= 0.3 is 0 Å². The minimum absolute atomic E-state index is 0.163. The molecule has 3 rings (SSSR count). The summed E-state index contributed by atoms with van der Waals surface area (Å²) in [5, 5.41) is 4.07. The molecular weight excluding hydrogens is 371 g/mol. The molecule has 2 aromatic carbocycles. The van der Waals surface area contributed by atoms with Crippen molar-refractivity contribution in [2.24, 2.45) is 0 Å². The Morgan fingerprint density at radius 1 is 1.21 bits per heavy atom. The summed E-state index contributed by atoms with van der Waals surface area (Å²) >= 11 is 13.4. The van der Waals surface area contributed by atoms with E-state index in [1.54, 1.807) is 43.5 Å². The normalized spacial score (nSPS) is 10.6. The Bertz CT molecular complexity index is 898. The molecule has 0 bridgehead atoms. The number of para-hydroxylation sites is 1. The molecule has 0 saturated heterocycles. The molecule has 0 unspecified atom stereocenters. The van der Waals surface area contributed by atoms with E-state index in [2.05, 4.69) is 10.3 Å². The van der Waals surface area contributed by atoms with Crippen molar-refractivity contribution in [1.29, 1.82) is 0 Å². The van der Waals surface area contributed by atoms with Gasteiger partial charge in [0.05, 0.1) is 27.4 Å². The molecule has 0 fully saturated rings. The van der Waals surface area contributed by atoms with E-state index < -0.39 is 0 Å². The number of benzene rings is 2. The van der Waals surface area contributed by atoms with Gasteiger partial charge in [-0.1, -0.05) is 46.7 Å². The Balaban J connectivity index is 1.68. The van der Waals surface area contributed by atoms with Crippen molar-refractivity contribution in [2.75, 3.05) is 19.0 Å². The Labute approximate surface area is 152 Å². The van der Waals surface area contributed by atoms with Crippen LogP contribution >= 0.6 is 34.5 Å². The second-order valence-corrected chi connectivity index (χ2v) is 6.59. The third-order valence-electron chi connectivity index (χ3n) is 3.10. The van der Waals surface area contributed by atoms with Crippen molar-refractivity contribution in [3.8, 4) is 11.5 Å². The second-order valence-electron chi connectivity index (χ2n) is 4.74. The van der Waals surface area contributed by atoms with Crippen molar-refractivity contribution >= 4 is 55.8 Å². The topological polar surface area (TPSA) is 60.5 Å². The number of amides is 1. The summed E-state index contributed by atoms with van der Waals surface area (Å²) in [7, 11) is 1.54. The number of carbonyl (C=O) groups excluding carboxylic acids is 1. The average Bonchev–Trinajstić information content (AvgIpc) is 2.94. The van der Waals surface area contributed by atoms with E-state index in [9.17, 15) is 4.79 Å². The number of thiazole rings is 1. The number of carbonyl (C=O) groups is 1. The molecule has 1 aromatic heterocycles. The van der Waals surface area contributed by atoms with Crippen molar-refractivity contribution in [1.82, 2.24) is 4.98 Å². The van der Waals surface area contributed by atoms with E-state index in [0.717, 1.165) is 4.70 Å². The zero-order chi connectivity index (χ0) is 17.1. The third-order valence-corrected chi connectivity index (χ3v) is 4.65. The lowest BCUT2D eigenvalue weighted by Gasteiger charge is -2.06. The predicted molar refractivity (Wildman–Crippen MR) is 96.8 cm³/mol. The first-order valence-electron chi connectivity index (χ1n) is 6.88. The van der Waals surface area contributed by atoms with Crippen LogP contribution in [0.3, 0.4) is 0 Å². The lowest BCUT2D eigenvalue weighted by Crippen LogP contribution is -2.20. The highest BCUT2D eigenvalue weighted by molar-refractivity contribution is 7.22. The third kappa shape index (κ3) is 3.72. The molecule has 0 aliphatic heterocycles. The van der Waals surface area contributed by atoms with Gasteiger partial charge in [0.1, 0.15) is 11.5 Å². The number of nitrogens with zero attached hydrogens (tertiary/aromatic N) is 1. The first-order valence-corrected chi connectivity index (χ1v) is 8.45. The van der Waals surface area contributed by atoms with Crippen LogP contribution in [0.5, 0.6) is 11.5 Å². The molecular formula is C16H12Cl2N2O3S. The predicted octanol–water partition coefficient (Wildman–Crippen LogP) is 4.63. The van der Waals surface area contributed by atoms with E-state index in [0.29, 0.717) is 32.2 Å². The minimum Gasteiger partial charge on any atom is -0.495 e. The highest BCUT2D eigenvalue weighted by Crippen LogP contribution is 2.34. The fourth-order valence-electron chi connectivity index (χ4n) is 2.00. The van der Waals surface area contributed by atoms with Gasteiger partial charge in [0.15, 0.2) is 11.7 Å². The molecule has 1 N–H and O–H groups in total. The monoisotopic (exact) mass is 382 g/mol. The number of nitrogens with one attached hydrogen (secondary N) is 1. The highest BCUT2D eigenvalue weighted by Gasteiger charge is 2.12. The smallest absolute Gasteiger partial charge is 0.264 e. The van der Waals surface area contributed by atoms with Crippen LogP contribution in [0.4, 0.5) is 5.13 Å². The first-order chi connectivity index (χ1) is 11.6. The summed E-state index contributed by atoms with van der Waals surface area (Å²) in [4.78, 5) is 16.3. The summed E-state index contributed by atoms with van der Waals surface area (Å²) < 4.78 is 11.4. The van der Waals surface area contributed by atoms with E-state index in [4.69, 9.17) is 32.7 Å². The molecule has 0 saturated carbocycles. The Hall–Kier alpha value is -2.02. The molecule has 1 heterocycles. The number of methoxy groups -OCH3 is 1. The lowest BCUT2D eigenvalue weighted by atomic mass is 10.3. The maximum Gasteiger partial charge on any atom is 0.264 e. The van der Waals surface area contributed by atoms with Crippen molar-refractivity contribution in [3.63, 3.8) is 0 Å². The van der Waals surface area contributed by atoms with Gasteiger partial charge in [0.25, 0.3) is 5.91 Å². The van der Waals surface area contributed by atoms with Gasteiger partial charge in [-0.25, -0.2) is 4.98 Å². The van der Waals surface area contributed by atoms with Gasteiger partial charge in [-0.05, 0) is 18.2 Å². The molecule has 0 spiro atoms. The quantitative estimate of drug-likeness (QED) is 0.698. The number of anilines is 1. The van der Waals surface area contributed by atoms with Gasteiger partial charge in [-0.15, -0.1) is 0 Å². The van der Waals surface area contributed by atoms with E-state index in [1.165, 1.54) is 11.3 Å². The van der Waals surface area contributed by atoms with Crippen LogP contribution in [0.2, 0.25) is 10.0 Å². The number of fused-ring (bicyclic) bond motifs is 1. The number of ether oxygens (including phenoxy) is 2. The summed E-state index contributed by atoms with van der Waals surface area (Å²) in [6, 6.07) is 10.4. The molecule has 5 nitrogen and oxygen atoms in total. The fourth-order valence-corrected chi connectivity index (χ4v) is 3.32. The number of aromatic nitrogens is 1. The molecule has 24 heavy (non-hydrogen) atoms. The molecule has 1 amide bonds. The Kier molecular flexibility index (Phi) is 5.08. The fraction of sp³-hybridized carbons (Fsp3) is 0.125. The van der Waals surface area contributed by atoms with Crippen LogP contribution in [0.1, 0.15) is 0 Å². The van der Waals surface area contributed by atoms with E-state index in [-0.39, 0.29) is 12.5 Å². The van der Waals surface area contributed by atoms with Crippen molar-refractivity contribution in [2.45, 2.75) is 0 Å². The van der Waals surface area contributed by atoms with E-state index in [1.807, 2.05) is 0 Å². The summed E-state index contributed by atoms with van der Waals surface area (Å²) in [5.74, 6) is 0.690. The lowest BCUT2D eigenvalue weighted by molar-refractivity contribution is -0.118. The van der Waals surface area contributed by atoms with Crippen LogP contribution in [0.25, 0.3) is 10.2 Å². The number of rotatable bonds is 5. The highest BCUT2D eigenvalue weighted by atomic mass is 35.5. The molecule has 0 radical (unpaired) electrons. The summed E-state index contributed by atoms with van der Waals surface area (Å²) in [5.41, 5.74) is 0.688. The molecule has 0 aliphatic carbocycles. The first kappa shape index (κ1) is 16.8. The Morgan fingerprint density at radius 2 is 2.00 bits per heavy atom. The van der Waals surface area contributed by atoms with Gasteiger partial charge in [-0.2, -0.15) is 0 Å². The van der Waals surface area contributed by atoms with Gasteiger partial charge in [0, 0.05) is 6.07 Å². The second kappa shape index (κ2) is 7.25.